The summed E-state index contributed by atoms with van der Waals surface area (Å²) < 4.78 is 0. The molecule has 1 N–H and O–H groups in total. The van der Waals surface area contributed by atoms with E-state index in [0.29, 0.717) is 12.0 Å². The Hall–Kier alpha value is -0.510. The van der Waals surface area contributed by atoms with Crippen molar-refractivity contribution in [1.82, 2.24) is 4.90 Å². The highest BCUT2D eigenvalue weighted by Gasteiger charge is 2.24. The molecule has 1 unspecified atom stereocenters. The van der Waals surface area contributed by atoms with Crippen molar-refractivity contribution in [2.45, 2.75) is 37.6 Å². The van der Waals surface area contributed by atoms with E-state index in [2.05, 4.69) is 47.9 Å². The Bertz CT molecular complexity index is 351. The quantitative estimate of drug-likeness (QED) is 0.750. The molecule has 1 aliphatic carbocycles. The minimum Gasteiger partial charge on any atom is -0.395 e. The van der Waals surface area contributed by atoms with Gasteiger partial charge in [0.25, 0.3) is 0 Å². The van der Waals surface area contributed by atoms with Gasteiger partial charge in [0.05, 0.1) is 6.61 Å². The molecule has 19 heavy (non-hydrogen) atoms. The average Bonchev–Trinajstić information content (AvgIpc) is 2.98. The first-order chi connectivity index (χ1) is 9.35. The number of hydrogen-bond acceptors (Lipinski definition) is 3. The number of aliphatic hydroxyl groups is 1. The van der Waals surface area contributed by atoms with E-state index in [1.807, 2.05) is 0 Å². The van der Waals surface area contributed by atoms with Crippen molar-refractivity contribution < 1.29 is 5.11 Å². The van der Waals surface area contributed by atoms with E-state index in [-0.39, 0.29) is 6.61 Å². The van der Waals surface area contributed by atoms with E-state index in [1.165, 1.54) is 31.2 Å². The van der Waals surface area contributed by atoms with Crippen molar-refractivity contribution in [3.63, 3.8) is 0 Å². The van der Waals surface area contributed by atoms with E-state index in [1.54, 1.807) is 0 Å². The van der Waals surface area contributed by atoms with Crippen LogP contribution in [-0.4, -0.2) is 41.5 Å². The molecular formula is C16H25NOS. The first kappa shape index (κ1) is 14.9. The molecule has 1 atom stereocenters. The van der Waals surface area contributed by atoms with Gasteiger partial charge in [-0.25, -0.2) is 0 Å². The molecule has 1 fully saturated rings. The summed E-state index contributed by atoms with van der Waals surface area (Å²) in [5.74, 6) is 1.32. The molecular weight excluding hydrogens is 254 g/mol. The molecule has 2 rings (SSSR count). The fourth-order valence-corrected chi connectivity index (χ4v) is 3.42. The molecule has 1 aromatic rings. The van der Waals surface area contributed by atoms with Crippen LogP contribution in [0.4, 0.5) is 0 Å². The van der Waals surface area contributed by atoms with Gasteiger partial charge in [0.1, 0.15) is 0 Å². The molecule has 0 radical (unpaired) electrons. The average molecular weight is 279 g/mol. The van der Waals surface area contributed by atoms with Gasteiger partial charge in [-0.3, -0.25) is 4.90 Å². The third kappa shape index (κ3) is 4.23. The molecule has 0 heterocycles. The van der Waals surface area contributed by atoms with Crippen molar-refractivity contribution in [1.29, 1.82) is 0 Å². The van der Waals surface area contributed by atoms with Crippen molar-refractivity contribution in [3.05, 3.63) is 35.9 Å². The van der Waals surface area contributed by atoms with Crippen molar-refractivity contribution in [2.24, 2.45) is 0 Å². The molecule has 1 aliphatic rings. The lowest BCUT2D eigenvalue weighted by Crippen LogP contribution is -2.39. The second-order valence-electron chi connectivity index (χ2n) is 5.45. The van der Waals surface area contributed by atoms with Crippen LogP contribution in [0.3, 0.4) is 0 Å². The van der Waals surface area contributed by atoms with E-state index in [4.69, 9.17) is 0 Å². The summed E-state index contributed by atoms with van der Waals surface area (Å²) in [6.07, 6.45) is 5.25. The lowest BCUT2D eigenvalue weighted by molar-refractivity contribution is 0.146. The highest BCUT2D eigenvalue weighted by molar-refractivity contribution is 7.80. The Kier molecular flexibility index (Phi) is 6.21. The minimum atomic E-state index is 0.255. The third-order valence-corrected chi connectivity index (χ3v) is 4.62. The zero-order valence-electron chi connectivity index (χ0n) is 11.5. The second-order valence-corrected chi connectivity index (χ2v) is 5.81. The smallest absolute Gasteiger partial charge is 0.0558 e. The first-order valence-electron chi connectivity index (χ1n) is 7.36. The van der Waals surface area contributed by atoms with Gasteiger partial charge in [0, 0.05) is 25.0 Å². The van der Waals surface area contributed by atoms with Crippen LogP contribution < -0.4 is 0 Å². The van der Waals surface area contributed by atoms with Crippen LogP contribution in [0.1, 0.15) is 37.2 Å². The fraction of sp³-hybridized carbons (Fsp3) is 0.625. The molecule has 0 aliphatic heterocycles. The summed E-state index contributed by atoms with van der Waals surface area (Å²) >= 11 is 4.52. The van der Waals surface area contributed by atoms with Crippen molar-refractivity contribution >= 4 is 12.6 Å². The molecule has 0 bridgehead atoms. The van der Waals surface area contributed by atoms with Crippen LogP contribution in [0, 0.1) is 0 Å². The molecule has 1 aromatic carbocycles. The maximum atomic E-state index is 9.29. The van der Waals surface area contributed by atoms with Gasteiger partial charge in [0.15, 0.2) is 0 Å². The molecule has 0 spiro atoms. The third-order valence-electron chi connectivity index (χ3n) is 4.17. The topological polar surface area (TPSA) is 23.5 Å². The predicted molar refractivity (Wildman–Crippen MR) is 84.0 cm³/mol. The fourth-order valence-electron chi connectivity index (χ4n) is 3.10. The summed E-state index contributed by atoms with van der Waals surface area (Å²) in [4.78, 5) is 2.47. The van der Waals surface area contributed by atoms with Crippen LogP contribution in [0.2, 0.25) is 0 Å². The number of hydrogen-bond donors (Lipinski definition) is 2. The Labute approximate surface area is 122 Å². The van der Waals surface area contributed by atoms with E-state index in [9.17, 15) is 5.11 Å². The number of rotatable bonds is 7. The standard InChI is InChI=1S/C16H25NOS/c18-11-10-17(16-8-4-5-9-16)12-15(13-19)14-6-2-1-3-7-14/h1-3,6-7,15-16,18-19H,4-5,8-13H2. The molecule has 106 valence electrons. The van der Waals surface area contributed by atoms with Crippen LogP contribution in [0.5, 0.6) is 0 Å². The van der Waals surface area contributed by atoms with Gasteiger partial charge in [-0.05, 0) is 24.2 Å². The number of thiol groups is 1. The Balaban J connectivity index is 2.01. The second kappa shape index (κ2) is 7.93. The molecule has 0 aromatic heterocycles. The van der Waals surface area contributed by atoms with Crippen molar-refractivity contribution in [3.8, 4) is 0 Å². The van der Waals surface area contributed by atoms with E-state index in [0.717, 1.165) is 18.8 Å². The van der Waals surface area contributed by atoms with Gasteiger partial charge < -0.3 is 5.11 Å². The lowest BCUT2D eigenvalue weighted by Gasteiger charge is -2.31. The summed E-state index contributed by atoms with van der Waals surface area (Å²) in [5, 5.41) is 9.29. The van der Waals surface area contributed by atoms with Gasteiger partial charge in [-0.1, -0.05) is 43.2 Å². The normalized spacial score (nSPS) is 18.1. The zero-order valence-corrected chi connectivity index (χ0v) is 12.4. The Morgan fingerprint density at radius 3 is 2.47 bits per heavy atom. The van der Waals surface area contributed by atoms with Crippen LogP contribution in [0.15, 0.2) is 30.3 Å². The summed E-state index contributed by atoms with van der Waals surface area (Å²) in [6, 6.07) is 11.3. The van der Waals surface area contributed by atoms with E-state index >= 15 is 0 Å². The Morgan fingerprint density at radius 2 is 1.89 bits per heavy atom. The first-order valence-corrected chi connectivity index (χ1v) is 7.99. The zero-order chi connectivity index (χ0) is 13.5. The van der Waals surface area contributed by atoms with Gasteiger partial charge in [0.2, 0.25) is 0 Å². The summed E-state index contributed by atoms with van der Waals surface area (Å²) in [5.41, 5.74) is 1.36. The molecule has 0 saturated heterocycles. The van der Waals surface area contributed by atoms with Crippen molar-refractivity contribution in [2.75, 3.05) is 25.4 Å². The molecule has 0 amide bonds. The molecule has 1 saturated carbocycles. The molecule has 3 heteroatoms. The minimum absolute atomic E-state index is 0.255. The van der Waals surface area contributed by atoms with Crippen LogP contribution in [-0.2, 0) is 0 Å². The van der Waals surface area contributed by atoms with Gasteiger partial charge in [-0.2, -0.15) is 12.6 Å². The Morgan fingerprint density at radius 1 is 1.21 bits per heavy atom. The molecule has 2 nitrogen and oxygen atoms in total. The highest BCUT2D eigenvalue weighted by atomic mass is 32.1. The maximum absolute atomic E-state index is 9.29. The SMILES string of the molecule is OCCN(CC(CS)c1ccccc1)C1CCCC1. The maximum Gasteiger partial charge on any atom is 0.0558 e. The lowest BCUT2D eigenvalue weighted by atomic mass is 9.99. The highest BCUT2D eigenvalue weighted by Crippen LogP contribution is 2.26. The summed E-state index contributed by atoms with van der Waals surface area (Å²) in [7, 11) is 0. The number of nitrogens with zero attached hydrogens (tertiary/aromatic N) is 1. The predicted octanol–water partition coefficient (Wildman–Crippen LogP) is 2.94. The van der Waals surface area contributed by atoms with Crippen LogP contribution >= 0.6 is 12.6 Å². The monoisotopic (exact) mass is 279 g/mol. The number of aliphatic hydroxyl groups excluding tert-OH is 1. The largest absolute Gasteiger partial charge is 0.395 e. The number of benzene rings is 1. The van der Waals surface area contributed by atoms with E-state index < -0.39 is 0 Å². The van der Waals surface area contributed by atoms with Crippen LogP contribution in [0.25, 0.3) is 0 Å². The van der Waals surface area contributed by atoms with Gasteiger partial charge >= 0.3 is 0 Å². The van der Waals surface area contributed by atoms with Gasteiger partial charge in [-0.15, -0.1) is 0 Å². The summed E-state index contributed by atoms with van der Waals surface area (Å²) in [6.45, 7) is 2.06.